The number of nitrogens with one attached hydrogen (secondary N) is 1. The Morgan fingerprint density at radius 1 is 1.23 bits per heavy atom. The molecule has 0 bridgehead atoms. The number of carbonyl (C=O) groups is 1. The number of rotatable bonds is 8. The van der Waals surface area contributed by atoms with Crippen molar-refractivity contribution in [2.24, 2.45) is 0 Å². The number of aromatic nitrogens is 4. The highest BCUT2D eigenvalue weighted by molar-refractivity contribution is 7.98. The van der Waals surface area contributed by atoms with E-state index in [2.05, 4.69) is 20.4 Å². The van der Waals surface area contributed by atoms with Gasteiger partial charge in [-0.15, -0.1) is 5.10 Å². The number of sulfonamides is 1. The molecular weight excluding hydrogens is 492 g/mol. The molecule has 13 heteroatoms. The van der Waals surface area contributed by atoms with E-state index in [1.54, 1.807) is 16.6 Å². The number of benzene rings is 1. The van der Waals surface area contributed by atoms with Crippen LogP contribution in [-0.2, 0) is 26.0 Å². The van der Waals surface area contributed by atoms with Crippen LogP contribution < -0.4 is 10.1 Å². The molecule has 2 aromatic heterocycles. The molecule has 1 aliphatic heterocycles. The highest BCUT2D eigenvalue weighted by Crippen LogP contribution is 2.30. The highest BCUT2D eigenvalue weighted by Gasteiger charge is 2.29. The van der Waals surface area contributed by atoms with Crippen molar-refractivity contribution in [2.45, 2.75) is 36.7 Å². The number of amides is 1. The molecule has 11 nitrogen and oxygen atoms in total. The molecule has 0 saturated carbocycles. The minimum atomic E-state index is -3.80. The number of hydrogen-bond acceptors (Lipinski definition) is 9. The van der Waals surface area contributed by atoms with Crippen LogP contribution in [0.3, 0.4) is 0 Å². The van der Waals surface area contributed by atoms with Crippen molar-refractivity contribution in [2.75, 3.05) is 45.0 Å². The Labute approximate surface area is 208 Å². The largest absolute Gasteiger partial charge is 0.495 e. The lowest BCUT2D eigenvalue weighted by atomic mass is 10.1. The zero-order valence-electron chi connectivity index (χ0n) is 20.1. The van der Waals surface area contributed by atoms with E-state index in [0.717, 1.165) is 17.0 Å². The Hall–Kier alpha value is -2.74. The molecule has 0 unspecified atom stereocenters. The molecule has 3 aromatic rings. The zero-order valence-corrected chi connectivity index (χ0v) is 21.7. The molecule has 1 saturated heterocycles. The fourth-order valence-electron chi connectivity index (χ4n) is 3.98. The number of thioether (sulfide) groups is 1. The summed E-state index contributed by atoms with van der Waals surface area (Å²) in [5.74, 6) is 0.509. The first-order valence-corrected chi connectivity index (χ1v) is 13.7. The average Bonchev–Trinajstić information content (AvgIpc) is 3.27. The maximum absolute atomic E-state index is 13.2. The van der Waals surface area contributed by atoms with Crippen LogP contribution in [0.15, 0.2) is 28.3 Å². The van der Waals surface area contributed by atoms with Crippen LogP contribution in [0.2, 0.25) is 0 Å². The summed E-state index contributed by atoms with van der Waals surface area (Å²) in [5, 5.41) is 7.88. The van der Waals surface area contributed by atoms with E-state index >= 15 is 0 Å². The first-order chi connectivity index (χ1) is 16.7. The molecular formula is C22H28N6O5S2. The van der Waals surface area contributed by atoms with Crippen LogP contribution in [0.1, 0.15) is 23.4 Å². The first kappa shape index (κ1) is 25.4. The Balaban J connectivity index is 1.50. The lowest BCUT2D eigenvalue weighted by Crippen LogP contribution is -2.40. The summed E-state index contributed by atoms with van der Waals surface area (Å²) < 4.78 is 40.0. The molecule has 188 valence electrons. The lowest BCUT2D eigenvalue weighted by Gasteiger charge is -2.26. The summed E-state index contributed by atoms with van der Waals surface area (Å²) in [5.41, 5.74) is 2.99. The number of nitrogens with zero attached hydrogens (tertiary/aromatic N) is 5. The summed E-state index contributed by atoms with van der Waals surface area (Å²) >= 11 is 1.44. The first-order valence-electron chi connectivity index (χ1n) is 11.1. The smallest absolute Gasteiger partial charge is 0.253 e. The molecule has 0 aliphatic carbocycles. The molecule has 1 amide bonds. The van der Waals surface area contributed by atoms with Gasteiger partial charge in [-0.2, -0.15) is 9.29 Å². The molecule has 3 heterocycles. The summed E-state index contributed by atoms with van der Waals surface area (Å²) in [6.45, 7) is 5.03. The Bertz CT molecular complexity index is 1350. The zero-order chi connectivity index (χ0) is 25.2. The number of aryl methyl sites for hydroxylation is 2. The molecule has 35 heavy (non-hydrogen) atoms. The third kappa shape index (κ3) is 5.27. The van der Waals surface area contributed by atoms with Gasteiger partial charge >= 0.3 is 0 Å². The molecule has 0 radical (unpaired) electrons. The number of carbonyl (C=O) groups excluding carboxylic acids is 1. The fourth-order valence-corrected chi connectivity index (χ4v) is 5.91. The van der Waals surface area contributed by atoms with Gasteiger partial charge in [0.1, 0.15) is 10.6 Å². The molecule has 1 N–H and O–H groups in total. The second-order valence-electron chi connectivity index (χ2n) is 8.00. The van der Waals surface area contributed by atoms with Crippen molar-refractivity contribution >= 4 is 39.2 Å². The van der Waals surface area contributed by atoms with Gasteiger partial charge in [0, 0.05) is 36.6 Å². The molecule has 1 aliphatic rings. The number of hydrogen-bond donors (Lipinski definition) is 1. The third-order valence-corrected chi connectivity index (χ3v) is 8.31. The van der Waals surface area contributed by atoms with Crippen molar-refractivity contribution < 1.29 is 22.7 Å². The van der Waals surface area contributed by atoms with E-state index in [4.69, 9.17) is 9.47 Å². The maximum atomic E-state index is 13.2. The molecule has 1 fully saturated rings. The van der Waals surface area contributed by atoms with Crippen molar-refractivity contribution in [3.05, 3.63) is 35.2 Å². The molecule has 0 spiro atoms. The molecule has 4 rings (SSSR count). The topological polar surface area (TPSA) is 128 Å². The van der Waals surface area contributed by atoms with Crippen LogP contribution >= 0.6 is 11.8 Å². The van der Waals surface area contributed by atoms with Gasteiger partial charge in [-0.25, -0.2) is 17.9 Å². The highest BCUT2D eigenvalue weighted by atomic mass is 32.2. The monoisotopic (exact) mass is 520 g/mol. The van der Waals surface area contributed by atoms with Crippen molar-refractivity contribution in [3.63, 3.8) is 0 Å². The number of ether oxygens (including phenoxy) is 2. The molecule has 0 atom stereocenters. The second kappa shape index (κ2) is 10.5. The van der Waals surface area contributed by atoms with Gasteiger partial charge in [0.25, 0.3) is 5.78 Å². The van der Waals surface area contributed by atoms with Gasteiger partial charge in [-0.3, -0.25) is 4.79 Å². The van der Waals surface area contributed by atoms with Crippen LogP contribution in [-0.4, -0.2) is 77.9 Å². The lowest BCUT2D eigenvalue weighted by molar-refractivity contribution is -0.116. The maximum Gasteiger partial charge on any atom is 0.253 e. The summed E-state index contributed by atoms with van der Waals surface area (Å²) in [4.78, 5) is 21.7. The number of fused-ring (bicyclic) bond motifs is 1. The average molecular weight is 521 g/mol. The molecule has 1 aromatic carbocycles. The number of anilines is 1. The minimum Gasteiger partial charge on any atom is -0.495 e. The van der Waals surface area contributed by atoms with Crippen LogP contribution in [0, 0.1) is 13.8 Å². The summed E-state index contributed by atoms with van der Waals surface area (Å²) in [7, 11) is -2.38. The quantitative estimate of drug-likeness (QED) is 0.444. The fraction of sp³-hybridized carbons (Fsp3) is 0.455. The van der Waals surface area contributed by atoms with E-state index in [1.807, 2.05) is 20.1 Å². The Kier molecular flexibility index (Phi) is 7.59. The predicted molar refractivity (Wildman–Crippen MR) is 132 cm³/mol. The minimum absolute atomic E-state index is 0.0109. The summed E-state index contributed by atoms with van der Waals surface area (Å²) in [6, 6.07) is 4.60. The summed E-state index contributed by atoms with van der Waals surface area (Å²) in [6.07, 6.45) is 2.55. The number of methoxy groups -OCH3 is 1. The Morgan fingerprint density at radius 3 is 2.66 bits per heavy atom. The van der Waals surface area contributed by atoms with E-state index in [1.165, 1.54) is 29.2 Å². The normalized spacial score (nSPS) is 14.9. The van der Waals surface area contributed by atoms with Crippen molar-refractivity contribution in [1.29, 1.82) is 0 Å². The third-order valence-electron chi connectivity index (χ3n) is 5.85. The second-order valence-corrected chi connectivity index (χ2v) is 10.7. The van der Waals surface area contributed by atoms with Gasteiger partial charge in [-0.1, -0.05) is 11.8 Å². The SMILES string of the molecule is COc1ccc(NC(=O)CCc2c(C)nc3nc(SC)nn3c2C)cc1S(=O)(=O)N1CCOCC1. The van der Waals surface area contributed by atoms with Crippen LogP contribution in [0.4, 0.5) is 5.69 Å². The van der Waals surface area contributed by atoms with Gasteiger partial charge in [0.15, 0.2) is 0 Å². The van der Waals surface area contributed by atoms with Gasteiger partial charge in [-0.05, 0) is 50.3 Å². The standard InChI is InChI=1S/C22H28N6O5S2/c1-14-17(15(2)28-21(23-14)25-22(26-28)34-4)6-8-20(29)24-16-5-7-18(32-3)19(13-16)35(30,31)27-9-11-33-12-10-27/h5,7,13H,6,8-12H2,1-4H3,(H,24,29). The van der Waals surface area contributed by atoms with E-state index in [-0.39, 0.29) is 36.1 Å². The Morgan fingerprint density at radius 2 is 1.97 bits per heavy atom. The van der Waals surface area contributed by atoms with Crippen molar-refractivity contribution in [1.82, 2.24) is 23.9 Å². The van der Waals surface area contributed by atoms with Crippen molar-refractivity contribution in [3.8, 4) is 5.75 Å². The van der Waals surface area contributed by atoms with Gasteiger partial charge in [0.2, 0.25) is 21.1 Å². The van der Waals surface area contributed by atoms with Gasteiger partial charge in [0.05, 0.1) is 20.3 Å². The van der Waals surface area contributed by atoms with Crippen LogP contribution in [0.5, 0.6) is 5.75 Å². The predicted octanol–water partition coefficient (Wildman–Crippen LogP) is 2.06. The van der Waals surface area contributed by atoms with E-state index in [0.29, 0.717) is 36.3 Å². The van der Waals surface area contributed by atoms with Crippen LogP contribution in [0.25, 0.3) is 5.78 Å². The van der Waals surface area contributed by atoms with Gasteiger partial charge < -0.3 is 14.8 Å². The van der Waals surface area contributed by atoms with E-state index < -0.39 is 10.0 Å². The van der Waals surface area contributed by atoms with E-state index in [9.17, 15) is 13.2 Å². The number of morpholine rings is 1.